The van der Waals surface area contributed by atoms with Gasteiger partial charge in [0, 0.05) is 18.8 Å². The zero-order valence-corrected chi connectivity index (χ0v) is 15.0. The van der Waals surface area contributed by atoms with Gasteiger partial charge in [0.2, 0.25) is 5.91 Å². The van der Waals surface area contributed by atoms with Gasteiger partial charge < -0.3 is 10.1 Å². The quantitative estimate of drug-likeness (QED) is 0.694. The van der Waals surface area contributed by atoms with E-state index in [1.165, 1.54) is 6.20 Å². The number of nitrogens with zero attached hydrogens (tertiary/aromatic N) is 2. The first-order valence-corrected chi connectivity index (χ1v) is 8.64. The van der Waals surface area contributed by atoms with Crippen LogP contribution in [0.5, 0.6) is 11.5 Å². The molecule has 132 valence electrons. The highest BCUT2D eigenvalue weighted by Gasteiger charge is 2.21. The van der Waals surface area contributed by atoms with Crippen LogP contribution in [0.2, 0.25) is 5.15 Å². The second-order valence-corrected chi connectivity index (χ2v) is 5.93. The molecule has 1 atom stereocenters. The Morgan fingerprint density at radius 2 is 1.69 bits per heavy atom. The number of amides is 1. The molecule has 2 aromatic carbocycles. The molecule has 1 unspecified atom stereocenters. The van der Waals surface area contributed by atoms with E-state index in [0.717, 1.165) is 11.3 Å². The topological polar surface area (TPSA) is 64.1 Å². The standard InChI is InChI=1S/C20H18ClN3O2/c1-2-17(25)24-18(19-20(21)23-13-12-22-19)14-8-10-16(11-9-14)26-15-6-4-3-5-7-15/h3-13,18H,2H2,1H3,(H,24,25). The summed E-state index contributed by atoms with van der Waals surface area (Å²) in [6, 6.07) is 16.5. The molecule has 0 saturated carbocycles. The van der Waals surface area contributed by atoms with Gasteiger partial charge in [0.05, 0.1) is 6.04 Å². The second kappa shape index (κ2) is 8.45. The van der Waals surface area contributed by atoms with Gasteiger partial charge in [-0.1, -0.05) is 48.9 Å². The molecule has 0 bridgehead atoms. The van der Waals surface area contributed by atoms with Crippen LogP contribution in [0.15, 0.2) is 67.0 Å². The van der Waals surface area contributed by atoms with Gasteiger partial charge in [-0.15, -0.1) is 0 Å². The number of nitrogens with one attached hydrogen (secondary N) is 1. The lowest BCUT2D eigenvalue weighted by molar-refractivity contribution is -0.121. The van der Waals surface area contributed by atoms with Gasteiger partial charge in [-0.05, 0) is 29.8 Å². The fourth-order valence-corrected chi connectivity index (χ4v) is 2.67. The van der Waals surface area contributed by atoms with E-state index in [1.54, 1.807) is 13.1 Å². The van der Waals surface area contributed by atoms with Crippen molar-refractivity contribution in [3.05, 3.63) is 83.4 Å². The second-order valence-electron chi connectivity index (χ2n) is 5.57. The molecule has 0 radical (unpaired) electrons. The molecule has 0 aliphatic rings. The molecule has 0 aliphatic carbocycles. The van der Waals surface area contributed by atoms with Crippen LogP contribution in [-0.4, -0.2) is 15.9 Å². The number of halogens is 1. The Morgan fingerprint density at radius 1 is 1.04 bits per heavy atom. The molecule has 26 heavy (non-hydrogen) atoms. The summed E-state index contributed by atoms with van der Waals surface area (Å²) < 4.78 is 5.80. The molecule has 1 heterocycles. The van der Waals surface area contributed by atoms with Crippen molar-refractivity contribution in [1.82, 2.24) is 15.3 Å². The van der Waals surface area contributed by atoms with Gasteiger partial charge in [0.25, 0.3) is 0 Å². The predicted octanol–water partition coefficient (Wildman–Crippen LogP) is 4.54. The van der Waals surface area contributed by atoms with Crippen molar-refractivity contribution in [2.75, 3.05) is 0 Å². The predicted molar refractivity (Wildman–Crippen MR) is 100 cm³/mol. The highest BCUT2D eigenvalue weighted by Crippen LogP contribution is 2.28. The Kier molecular flexibility index (Phi) is 5.81. The van der Waals surface area contributed by atoms with Crippen molar-refractivity contribution < 1.29 is 9.53 Å². The molecule has 3 rings (SSSR count). The fourth-order valence-electron chi connectivity index (χ4n) is 2.45. The SMILES string of the molecule is CCC(=O)NC(c1ccc(Oc2ccccc2)cc1)c1nccnc1Cl. The maximum atomic E-state index is 12.0. The first-order chi connectivity index (χ1) is 12.7. The Balaban J connectivity index is 1.87. The molecule has 0 saturated heterocycles. The maximum Gasteiger partial charge on any atom is 0.220 e. The van der Waals surface area contributed by atoms with Gasteiger partial charge in [-0.2, -0.15) is 0 Å². The minimum Gasteiger partial charge on any atom is -0.457 e. The number of carbonyl (C=O) groups is 1. The summed E-state index contributed by atoms with van der Waals surface area (Å²) in [7, 11) is 0. The Bertz CT molecular complexity index is 870. The summed E-state index contributed by atoms with van der Waals surface area (Å²) in [5.74, 6) is 1.36. The number of para-hydroxylation sites is 1. The van der Waals surface area contributed by atoms with E-state index in [2.05, 4.69) is 15.3 Å². The van der Waals surface area contributed by atoms with Gasteiger partial charge in [0.15, 0.2) is 5.15 Å². The van der Waals surface area contributed by atoms with Crippen molar-refractivity contribution in [2.45, 2.75) is 19.4 Å². The number of benzene rings is 2. The third kappa shape index (κ3) is 4.37. The van der Waals surface area contributed by atoms with Crippen molar-refractivity contribution >= 4 is 17.5 Å². The van der Waals surface area contributed by atoms with Crippen LogP contribution in [0.4, 0.5) is 0 Å². The van der Waals surface area contributed by atoms with E-state index < -0.39 is 6.04 Å². The Morgan fingerprint density at radius 3 is 2.35 bits per heavy atom. The lowest BCUT2D eigenvalue weighted by atomic mass is 10.0. The minimum atomic E-state index is -0.477. The van der Waals surface area contributed by atoms with E-state index in [4.69, 9.17) is 16.3 Å². The summed E-state index contributed by atoms with van der Waals surface area (Å²) in [5.41, 5.74) is 1.35. The highest BCUT2D eigenvalue weighted by atomic mass is 35.5. The van der Waals surface area contributed by atoms with Gasteiger partial charge in [-0.3, -0.25) is 9.78 Å². The van der Waals surface area contributed by atoms with E-state index in [0.29, 0.717) is 17.9 Å². The van der Waals surface area contributed by atoms with Gasteiger partial charge in [0.1, 0.15) is 17.2 Å². The summed E-state index contributed by atoms with van der Waals surface area (Å²) >= 11 is 6.18. The molecule has 1 amide bonds. The van der Waals surface area contributed by atoms with Gasteiger partial charge in [-0.25, -0.2) is 4.98 Å². The number of aromatic nitrogens is 2. The number of ether oxygens (including phenoxy) is 1. The zero-order valence-electron chi connectivity index (χ0n) is 14.2. The van der Waals surface area contributed by atoms with Crippen LogP contribution in [0.3, 0.4) is 0 Å². The number of carbonyl (C=O) groups excluding carboxylic acids is 1. The van der Waals surface area contributed by atoms with Crippen molar-refractivity contribution in [3.63, 3.8) is 0 Å². The average molecular weight is 368 g/mol. The third-order valence-corrected chi connectivity index (χ3v) is 4.06. The van der Waals surface area contributed by atoms with E-state index in [-0.39, 0.29) is 11.1 Å². The molecule has 0 fully saturated rings. The first-order valence-electron chi connectivity index (χ1n) is 8.26. The lowest BCUT2D eigenvalue weighted by Crippen LogP contribution is -2.29. The van der Waals surface area contributed by atoms with Crippen LogP contribution in [-0.2, 0) is 4.79 Å². The van der Waals surface area contributed by atoms with Crippen molar-refractivity contribution in [3.8, 4) is 11.5 Å². The molecule has 6 heteroatoms. The molecule has 1 N–H and O–H groups in total. The zero-order chi connectivity index (χ0) is 18.4. The molecule has 5 nitrogen and oxygen atoms in total. The molecule has 0 aliphatic heterocycles. The molecule has 3 aromatic rings. The molecule has 0 spiro atoms. The summed E-state index contributed by atoms with van der Waals surface area (Å²) in [4.78, 5) is 20.3. The molecular weight excluding hydrogens is 350 g/mol. The van der Waals surface area contributed by atoms with E-state index in [1.807, 2.05) is 54.6 Å². The van der Waals surface area contributed by atoms with Crippen molar-refractivity contribution in [1.29, 1.82) is 0 Å². The minimum absolute atomic E-state index is 0.0960. The van der Waals surface area contributed by atoms with Crippen molar-refractivity contribution in [2.24, 2.45) is 0 Å². The van der Waals surface area contributed by atoms with Crippen LogP contribution < -0.4 is 10.1 Å². The molecular formula is C20H18ClN3O2. The van der Waals surface area contributed by atoms with Crippen LogP contribution in [0.25, 0.3) is 0 Å². The Labute approximate surface area is 157 Å². The molecule has 1 aromatic heterocycles. The third-order valence-electron chi connectivity index (χ3n) is 3.77. The summed E-state index contributed by atoms with van der Waals surface area (Å²) in [5, 5.41) is 3.21. The average Bonchev–Trinajstić information content (AvgIpc) is 2.68. The normalized spacial score (nSPS) is 11.6. The fraction of sp³-hybridized carbons (Fsp3) is 0.150. The number of rotatable bonds is 6. The number of hydrogen-bond donors (Lipinski definition) is 1. The van der Waals surface area contributed by atoms with Crippen LogP contribution >= 0.6 is 11.6 Å². The highest BCUT2D eigenvalue weighted by molar-refractivity contribution is 6.30. The van der Waals surface area contributed by atoms with Gasteiger partial charge >= 0.3 is 0 Å². The van der Waals surface area contributed by atoms with E-state index in [9.17, 15) is 4.79 Å². The first kappa shape index (κ1) is 17.9. The summed E-state index contributed by atoms with van der Waals surface area (Å²) in [6.07, 6.45) is 3.43. The van der Waals surface area contributed by atoms with Crippen LogP contribution in [0, 0.1) is 0 Å². The number of hydrogen-bond acceptors (Lipinski definition) is 4. The Hall–Kier alpha value is -2.92. The smallest absolute Gasteiger partial charge is 0.220 e. The van der Waals surface area contributed by atoms with E-state index >= 15 is 0 Å². The lowest BCUT2D eigenvalue weighted by Gasteiger charge is -2.19. The maximum absolute atomic E-state index is 12.0. The monoisotopic (exact) mass is 367 g/mol. The van der Waals surface area contributed by atoms with Crippen LogP contribution in [0.1, 0.15) is 30.6 Å². The largest absolute Gasteiger partial charge is 0.457 e. The summed E-state index contributed by atoms with van der Waals surface area (Å²) in [6.45, 7) is 1.79.